The van der Waals surface area contributed by atoms with Crippen LogP contribution in [0, 0.1) is 17.8 Å². The van der Waals surface area contributed by atoms with Gasteiger partial charge in [-0.05, 0) is 126 Å². The van der Waals surface area contributed by atoms with E-state index in [9.17, 15) is 19.2 Å². The van der Waals surface area contributed by atoms with Crippen molar-refractivity contribution in [3.63, 3.8) is 0 Å². The number of amides is 4. The van der Waals surface area contributed by atoms with Crippen molar-refractivity contribution >= 4 is 35.0 Å². The van der Waals surface area contributed by atoms with Crippen LogP contribution in [0.2, 0.25) is 0 Å². The van der Waals surface area contributed by atoms with E-state index in [0.29, 0.717) is 24.3 Å². The molecule has 2 bridgehead atoms. The van der Waals surface area contributed by atoms with Crippen LogP contribution in [0.3, 0.4) is 0 Å². The van der Waals surface area contributed by atoms with E-state index in [1.807, 2.05) is 43.7 Å². The SMILES string of the molecule is COC(=O)NC(C(=O)N1CCCC1c1nc2ccc(-c3ccc(-c4ccc(-c5cnc(C6CC7CC7N6C(=O)C(NC(=O)OC)C(C)C)[nH]5)cc4)c4c3C3CCC4C3)cc2[nH]1)C(C)C. The Morgan fingerprint density at radius 2 is 1.33 bits per heavy atom. The topological polar surface area (TPSA) is 175 Å². The van der Waals surface area contributed by atoms with Crippen molar-refractivity contribution in [2.24, 2.45) is 17.8 Å². The lowest BCUT2D eigenvalue weighted by Crippen LogP contribution is -2.52. The van der Waals surface area contributed by atoms with Gasteiger partial charge in [0, 0.05) is 12.6 Å². The molecule has 3 aromatic carbocycles. The van der Waals surface area contributed by atoms with Crippen molar-refractivity contribution in [3.8, 4) is 33.5 Å². The van der Waals surface area contributed by atoms with Crippen LogP contribution in [0.15, 0.2) is 60.8 Å². The number of methoxy groups -OCH3 is 2. The smallest absolute Gasteiger partial charge is 0.407 e. The number of alkyl carbamates (subject to hydrolysis) is 2. The molecule has 4 fully saturated rings. The minimum atomic E-state index is -0.686. The molecule has 3 aliphatic carbocycles. The average molecular weight is 867 g/mol. The molecule has 334 valence electrons. The maximum atomic E-state index is 13.9. The number of nitrogens with one attached hydrogen (secondary N) is 4. The predicted octanol–water partition coefficient (Wildman–Crippen LogP) is 8.74. The first-order valence-corrected chi connectivity index (χ1v) is 23.1. The fourth-order valence-electron chi connectivity index (χ4n) is 11.4. The molecule has 2 saturated carbocycles. The van der Waals surface area contributed by atoms with E-state index in [2.05, 4.69) is 75.2 Å². The minimum absolute atomic E-state index is 0.0881. The highest BCUT2D eigenvalue weighted by Crippen LogP contribution is 2.58. The number of fused-ring (bicyclic) bond motifs is 7. The number of rotatable bonds is 11. The van der Waals surface area contributed by atoms with E-state index in [1.165, 1.54) is 61.3 Å². The number of likely N-dealkylation sites (tertiary alicyclic amines) is 2. The lowest BCUT2D eigenvalue weighted by Gasteiger charge is -2.31. The Morgan fingerprint density at radius 3 is 1.98 bits per heavy atom. The van der Waals surface area contributed by atoms with Crippen LogP contribution in [0.5, 0.6) is 0 Å². The largest absolute Gasteiger partial charge is 0.453 e. The maximum Gasteiger partial charge on any atom is 0.407 e. The first-order chi connectivity index (χ1) is 30.9. The van der Waals surface area contributed by atoms with E-state index >= 15 is 0 Å². The molecule has 8 atom stereocenters. The van der Waals surface area contributed by atoms with Gasteiger partial charge in [0.05, 0.1) is 49.2 Å². The molecule has 0 radical (unpaired) electrons. The van der Waals surface area contributed by atoms with Gasteiger partial charge in [-0.2, -0.15) is 0 Å². The quantitative estimate of drug-likeness (QED) is 0.102. The summed E-state index contributed by atoms with van der Waals surface area (Å²) in [6.07, 6.45) is 7.72. The Balaban J connectivity index is 0.889. The molecule has 5 aromatic rings. The summed E-state index contributed by atoms with van der Waals surface area (Å²) < 4.78 is 9.65. The standard InChI is InChI=1S/C50H58N8O6/c1-25(2)43(55-49(61)63-5)47(59)57-19-7-8-38(57)46-52-35-18-15-29(21-36(35)53-46)34-17-16-33(41-30-13-14-31(20-30)42(34)41)27-9-11-28(12-10-27)37-24-51-45(54-37)40-23-32-22-39(32)58(40)48(60)44(26(3)4)56-50(62)64-6/h9-12,15-18,21,24-26,30-32,38-40,43-44H,7-8,13-14,19-20,22-23H2,1-6H3,(H,51,54)(H,52,53)(H,55,61)(H,56,62). The van der Waals surface area contributed by atoms with Crippen LogP contribution < -0.4 is 10.6 Å². The van der Waals surface area contributed by atoms with Gasteiger partial charge in [0.15, 0.2) is 0 Å². The fourth-order valence-corrected chi connectivity index (χ4v) is 11.4. The molecular weight excluding hydrogens is 809 g/mol. The van der Waals surface area contributed by atoms with E-state index in [1.54, 1.807) is 0 Å². The normalized spacial score (nSPS) is 23.9. The van der Waals surface area contributed by atoms with E-state index < -0.39 is 24.3 Å². The first-order valence-electron chi connectivity index (χ1n) is 23.1. The van der Waals surface area contributed by atoms with Crippen molar-refractivity contribution in [1.82, 2.24) is 40.4 Å². The highest BCUT2D eigenvalue weighted by molar-refractivity contribution is 5.89. The summed E-state index contributed by atoms with van der Waals surface area (Å²) in [5.41, 5.74) is 11.6. The predicted molar refractivity (Wildman–Crippen MR) is 242 cm³/mol. The molecule has 4 N–H and O–H groups in total. The summed E-state index contributed by atoms with van der Waals surface area (Å²) in [5, 5.41) is 5.50. The second-order valence-electron chi connectivity index (χ2n) is 19.3. The van der Waals surface area contributed by atoms with Crippen LogP contribution in [-0.2, 0) is 19.1 Å². The van der Waals surface area contributed by atoms with Crippen molar-refractivity contribution in [1.29, 1.82) is 0 Å². The van der Waals surface area contributed by atoms with Gasteiger partial charge >= 0.3 is 12.2 Å². The van der Waals surface area contributed by atoms with Gasteiger partial charge in [0.2, 0.25) is 11.8 Å². The number of carbonyl (C=O) groups excluding carboxylic acids is 4. The summed E-state index contributed by atoms with van der Waals surface area (Å²) >= 11 is 0. The number of hydrogen-bond donors (Lipinski definition) is 4. The van der Waals surface area contributed by atoms with Crippen LogP contribution in [-0.4, -0.2) is 92.6 Å². The number of imidazole rings is 2. The molecule has 14 nitrogen and oxygen atoms in total. The Morgan fingerprint density at radius 1 is 0.703 bits per heavy atom. The van der Waals surface area contributed by atoms with Crippen molar-refractivity contribution < 1.29 is 28.7 Å². The molecule has 2 aliphatic heterocycles. The summed E-state index contributed by atoms with van der Waals surface area (Å²) in [7, 11) is 2.62. The maximum absolute atomic E-state index is 13.9. The van der Waals surface area contributed by atoms with Crippen LogP contribution in [0.1, 0.15) is 119 Å². The zero-order valence-corrected chi connectivity index (χ0v) is 37.4. The molecule has 8 unspecified atom stereocenters. The van der Waals surface area contributed by atoms with Crippen molar-refractivity contribution in [2.75, 3.05) is 20.8 Å². The monoisotopic (exact) mass is 866 g/mol. The van der Waals surface area contributed by atoms with Gasteiger partial charge < -0.3 is 39.9 Å². The van der Waals surface area contributed by atoms with Crippen molar-refractivity contribution in [2.45, 2.75) is 115 Å². The van der Waals surface area contributed by atoms with Crippen LogP contribution in [0.4, 0.5) is 9.59 Å². The Bertz CT molecular complexity index is 2630. The summed E-state index contributed by atoms with van der Waals surface area (Å²) in [5.74, 6) is 2.64. The lowest BCUT2D eigenvalue weighted by atomic mass is 9.81. The molecule has 2 aromatic heterocycles. The van der Waals surface area contributed by atoms with Gasteiger partial charge in [-0.25, -0.2) is 19.6 Å². The summed E-state index contributed by atoms with van der Waals surface area (Å²) in [6.45, 7) is 8.32. The number of nitrogens with zero attached hydrogens (tertiary/aromatic N) is 4. The van der Waals surface area contributed by atoms with Gasteiger partial charge in [-0.3, -0.25) is 9.59 Å². The van der Waals surface area contributed by atoms with Crippen LogP contribution in [0.25, 0.3) is 44.5 Å². The number of aromatic nitrogens is 4. The number of aromatic amines is 2. The zero-order valence-electron chi connectivity index (χ0n) is 37.4. The second kappa shape index (κ2) is 16.4. The molecule has 14 heteroatoms. The Hall–Kier alpha value is -6.18. The lowest BCUT2D eigenvalue weighted by molar-refractivity contribution is -0.137. The van der Waals surface area contributed by atoms with Gasteiger partial charge in [-0.15, -0.1) is 0 Å². The van der Waals surface area contributed by atoms with Gasteiger partial charge in [-0.1, -0.05) is 70.2 Å². The number of H-pyrrole nitrogens is 2. The summed E-state index contributed by atoms with van der Waals surface area (Å²) in [6, 6.07) is 18.3. The van der Waals surface area contributed by atoms with E-state index in [0.717, 1.165) is 65.2 Å². The molecule has 0 spiro atoms. The number of carbonyl (C=O) groups is 4. The third-order valence-corrected chi connectivity index (χ3v) is 14.8. The Kier molecular flexibility index (Phi) is 10.7. The molecule has 4 heterocycles. The molecule has 64 heavy (non-hydrogen) atoms. The van der Waals surface area contributed by atoms with Gasteiger partial charge in [0.25, 0.3) is 0 Å². The average Bonchev–Trinajstić information content (AvgIpc) is 4.04. The third kappa shape index (κ3) is 7.28. The fraction of sp³-hybridized carbons (Fsp3) is 0.480. The number of piperidine rings is 1. The van der Waals surface area contributed by atoms with E-state index in [-0.39, 0.29) is 41.8 Å². The second-order valence-corrected chi connectivity index (χ2v) is 19.3. The molecule has 5 aliphatic rings. The molecule has 10 rings (SSSR count). The molecule has 4 amide bonds. The third-order valence-electron chi connectivity index (χ3n) is 14.8. The molecular formula is C50H58N8O6. The minimum Gasteiger partial charge on any atom is -0.453 e. The number of hydrogen-bond acceptors (Lipinski definition) is 8. The highest BCUT2D eigenvalue weighted by Gasteiger charge is 2.56. The highest BCUT2D eigenvalue weighted by atomic mass is 16.5. The zero-order chi connectivity index (χ0) is 44.6. The Labute approximate surface area is 373 Å². The van der Waals surface area contributed by atoms with Crippen molar-refractivity contribution in [3.05, 3.63) is 83.6 Å². The van der Waals surface area contributed by atoms with Crippen LogP contribution >= 0.6 is 0 Å². The van der Waals surface area contributed by atoms with Gasteiger partial charge in [0.1, 0.15) is 23.7 Å². The summed E-state index contributed by atoms with van der Waals surface area (Å²) in [4.78, 5) is 72.7. The van der Waals surface area contributed by atoms with E-state index in [4.69, 9.17) is 19.4 Å². The number of ether oxygens (including phenoxy) is 2. The number of benzene rings is 3. The molecule has 2 saturated heterocycles. The first kappa shape index (κ1) is 41.8.